The van der Waals surface area contributed by atoms with Crippen LogP contribution in [0.25, 0.3) is 0 Å². The van der Waals surface area contributed by atoms with E-state index in [9.17, 15) is 0 Å². The number of aryl methyl sites for hydroxylation is 1. The molecule has 22 heavy (non-hydrogen) atoms. The lowest BCUT2D eigenvalue weighted by molar-refractivity contribution is 0.432. The Bertz CT molecular complexity index is 555. The van der Waals surface area contributed by atoms with Gasteiger partial charge in [0.15, 0.2) is 5.96 Å². The van der Waals surface area contributed by atoms with Gasteiger partial charge in [-0.2, -0.15) is 0 Å². The summed E-state index contributed by atoms with van der Waals surface area (Å²) >= 11 is 6.08. The van der Waals surface area contributed by atoms with Crippen molar-refractivity contribution in [2.24, 2.45) is 23.4 Å². The Kier molecular flexibility index (Phi) is 4.40. The van der Waals surface area contributed by atoms with Crippen LogP contribution >= 0.6 is 11.6 Å². The highest BCUT2D eigenvalue weighted by Gasteiger charge is 2.53. The molecule has 1 heterocycles. The number of aliphatic imine (C=N–C) groups is 1. The quantitative estimate of drug-likeness (QED) is 0.644. The van der Waals surface area contributed by atoms with Gasteiger partial charge >= 0.3 is 0 Å². The minimum atomic E-state index is 0.551. The first-order valence-electron chi connectivity index (χ1n) is 8.34. The second kappa shape index (κ2) is 6.15. The summed E-state index contributed by atoms with van der Waals surface area (Å²) < 4.78 is 2.08. The summed E-state index contributed by atoms with van der Waals surface area (Å²) in [5, 5.41) is 4.21. The van der Waals surface area contributed by atoms with Gasteiger partial charge in [0.2, 0.25) is 0 Å². The molecule has 0 amide bonds. The van der Waals surface area contributed by atoms with Crippen LogP contribution in [0.4, 0.5) is 0 Å². The van der Waals surface area contributed by atoms with Gasteiger partial charge in [0.25, 0.3) is 0 Å². The normalized spacial score (nSPS) is 20.1. The van der Waals surface area contributed by atoms with Gasteiger partial charge in [-0.1, -0.05) is 11.6 Å². The van der Waals surface area contributed by atoms with Crippen LogP contribution in [-0.4, -0.2) is 35.6 Å². The van der Waals surface area contributed by atoms with Gasteiger partial charge in [-0.15, -0.1) is 0 Å². The topological polar surface area (TPSA) is 32.6 Å². The van der Waals surface area contributed by atoms with Crippen LogP contribution in [0.1, 0.15) is 38.3 Å². The fourth-order valence-electron chi connectivity index (χ4n) is 3.29. The maximum absolute atomic E-state index is 6.08. The molecule has 0 radical (unpaired) electrons. The van der Waals surface area contributed by atoms with E-state index in [-0.39, 0.29) is 0 Å². The minimum Gasteiger partial charge on any atom is -0.357 e. The number of nitrogens with one attached hydrogen (secondary N) is 1. The molecule has 0 aromatic carbocycles. The third kappa shape index (κ3) is 3.43. The Morgan fingerprint density at radius 2 is 2.23 bits per heavy atom. The lowest BCUT2D eigenvalue weighted by Gasteiger charge is -2.23. The predicted octanol–water partition coefficient (Wildman–Crippen LogP) is 3.27. The minimum absolute atomic E-state index is 0.551. The van der Waals surface area contributed by atoms with Crippen molar-refractivity contribution in [2.45, 2.75) is 39.2 Å². The van der Waals surface area contributed by atoms with Crippen LogP contribution in [0.3, 0.4) is 0 Å². The van der Waals surface area contributed by atoms with E-state index in [1.54, 1.807) is 0 Å². The highest BCUT2D eigenvalue weighted by atomic mass is 35.5. The zero-order valence-corrected chi connectivity index (χ0v) is 14.7. The Labute approximate surface area is 138 Å². The fourth-order valence-corrected chi connectivity index (χ4v) is 3.57. The SMILES string of the molecule is CCNC(=NCC1(C2CC2)CC1)N(C)Cc1cc(Cl)cn1C. The molecule has 2 aliphatic carbocycles. The molecule has 122 valence electrons. The zero-order chi connectivity index (χ0) is 15.7. The van der Waals surface area contributed by atoms with Crippen molar-refractivity contribution < 1.29 is 0 Å². The molecule has 2 saturated carbocycles. The van der Waals surface area contributed by atoms with Crippen LogP contribution in [0, 0.1) is 11.3 Å². The van der Waals surface area contributed by atoms with Crippen LogP contribution in [-0.2, 0) is 13.6 Å². The zero-order valence-electron chi connectivity index (χ0n) is 13.9. The molecule has 5 heteroatoms. The number of guanidine groups is 1. The highest BCUT2D eigenvalue weighted by molar-refractivity contribution is 6.30. The van der Waals surface area contributed by atoms with Crippen LogP contribution in [0.2, 0.25) is 5.02 Å². The van der Waals surface area contributed by atoms with E-state index in [0.717, 1.165) is 36.5 Å². The molecule has 0 saturated heterocycles. The summed E-state index contributed by atoms with van der Waals surface area (Å²) in [6.07, 6.45) is 7.53. The molecule has 4 nitrogen and oxygen atoms in total. The maximum Gasteiger partial charge on any atom is 0.194 e. The number of aromatic nitrogens is 1. The molecule has 0 aliphatic heterocycles. The lowest BCUT2D eigenvalue weighted by atomic mass is 10.0. The standard InChI is InChI=1S/C17H27ClN4/c1-4-19-16(20-12-17(7-8-17)13-5-6-13)22(3)11-15-9-14(18)10-21(15)2/h9-10,13H,4-8,11-12H2,1-3H3,(H,19,20). The van der Waals surface area contributed by atoms with E-state index >= 15 is 0 Å². The van der Waals surface area contributed by atoms with E-state index in [1.165, 1.54) is 31.4 Å². The van der Waals surface area contributed by atoms with E-state index in [4.69, 9.17) is 16.6 Å². The number of hydrogen-bond donors (Lipinski definition) is 1. The van der Waals surface area contributed by atoms with Gasteiger partial charge in [-0.25, -0.2) is 0 Å². The lowest BCUT2D eigenvalue weighted by Crippen LogP contribution is -2.39. The van der Waals surface area contributed by atoms with E-state index in [1.807, 2.05) is 19.3 Å². The van der Waals surface area contributed by atoms with Gasteiger partial charge in [0.05, 0.1) is 11.6 Å². The van der Waals surface area contributed by atoms with Crippen molar-refractivity contribution in [3.05, 3.63) is 23.0 Å². The van der Waals surface area contributed by atoms with Gasteiger partial charge in [0.1, 0.15) is 0 Å². The Hall–Kier alpha value is -1.16. The van der Waals surface area contributed by atoms with Gasteiger partial charge in [-0.05, 0) is 50.0 Å². The van der Waals surface area contributed by atoms with Gasteiger partial charge in [0, 0.05) is 39.1 Å². The summed E-state index contributed by atoms with van der Waals surface area (Å²) in [4.78, 5) is 7.12. The average molecular weight is 323 g/mol. The summed E-state index contributed by atoms with van der Waals surface area (Å²) in [7, 11) is 4.13. The number of halogens is 1. The van der Waals surface area contributed by atoms with Gasteiger partial charge in [-0.3, -0.25) is 4.99 Å². The average Bonchev–Trinajstić information content (AvgIpc) is 3.35. The van der Waals surface area contributed by atoms with Crippen molar-refractivity contribution in [2.75, 3.05) is 20.1 Å². The van der Waals surface area contributed by atoms with Crippen molar-refractivity contribution in [1.29, 1.82) is 0 Å². The Balaban J connectivity index is 1.65. The number of rotatable bonds is 6. The summed E-state index contributed by atoms with van der Waals surface area (Å²) in [5.74, 6) is 1.96. The highest BCUT2D eigenvalue weighted by Crippen LogP contribution is 2.61. The Morgan fingerprint density at radius 3 is 2.73 bits per heavy atom. The van der Waals surface area contributed by atoms with Crippen LogP contribution in [0.15, 0.2) is 17.3 Å². The van der Waals surface area contributed by atoms with Crippen molar-refractivity contribution in [3.8, 4) is 0 Å². The van der Waals surface area contributed by atoms with Gasteiger partial charge < -0.3 is 14.8 Å². The fraction of sp³-hybridized carbons (Fsp3) is 0.706. The largest absolute Gasteiger partial charge is 0.357 e. The number of nitrogens with zero attached hydrogens (tertiary/aromatic N) is 3. The van der Waals surface area contributed by atoms with Crippen LogP contribution in [0.5, 0.6) is 0 Å². The molecular formula is C17H27ClN4. The second-order valence-corrected chi connectivity index (χ2v) is 7.36. The van der Waals surface area contributed by atoms with Crippen LogP contribution < -0.4 is 5.32 Å². The van der Waals surface area contributed by atoms with Crippen molar-refractivity contribution in [3.63, 3.8) is 0 Å². The molecular weight excluding hydrogens is 296 g/mol. The molecule has 2 fully saturated rings. The molecule has 1 aromatic rings. The van der Waals surface area contributed by atoms with E-state index in [0.29, 0.717) is 5.41 Å². The molecule has 0 unspecified atom stereocenters. The van der Waals surface area contributed by atoms with E-state index in [2.05, 4.69) is 28.8 Å². The third-order valence-electron chi connectivity index (χ3n) is 5.05. The molecule has 0 atom stereocenters. The first kappa shape index (κ1) is 15.7. The molecule has 2 aliphatic rings. The Morgan fingerprint density at radius 1 is 1.50 bits per heavy atom. The van der Waals surface area contributed by atoms with Crippen molar-refractivity contribution >= 4 is 17.6 Å². The molecule has 1 aromatic heterocycles. The molecule has 3 rings (SSSR count). The molecule has 0 bridgehead atoms. The predicted molar refractivity (Wildman–Crippen MR) is 92.3 cm³/mol. The molecule has 1 N–H and O–H groups in total. The van der Waals surface area contributed by atoms with Crippen molar-refractivity contribution in [1.82, 2.24) is 14.8 Å². The summed E-state index contributed by atoms with van der Waals surface area (Å²) in [6, 6.07) is 2.02. The summed E-state index contributed by atoms with van der Waals surface area (Å²) in [6.45, 7) is 4.81. The first-order chi connectivity index (χ1) is 10.5. The monoisotopic (exact) mass is 322 g/mol. The second-order valence-electron chi connectivity index (χ2n) is 6.92. The van der Waals surface area contributed by atoms with E-state index < -0.39 is 0 Å². The maximum atomic E-state index is 6.08. The number of hydrogen-bond acceptors (Lipinski definition) is 1. The molecule has 0 spiro atoms. The smallest absolute Gasteiger partial charge is 0.194 e. The third-order valence-corrected chi connectivity index (χ3v) is 5.26. The first-order valence-corrected chi connectivity index (χ1v) is 8.72. The summed E-state index contributed by atoms with van der Waals surface area (Å²) in [5.41, 5.74) is 1.75.